The molecule has 0 rings (SSSR count). The minimum atomic E-state index is -3.05. The van der Waals surface area contributed by atoms with Gasteiger partial charge in [-0.25, -0.2) is 0 Å². The summed E-state index contributed by atoms with van der Waals surface area (Å²) in [5.74, 6) is 0. The summed E-state index contributed by atoms with van der Waals surface area (Å²) >= 11 is -3.05. The van der Waals surface area contributed by atoms with Gasteiger partial charge in [0.1, 0.15) is 0 Å². The maximum absolute atomic E-state index is 5.35. The van der Waals surface area contributed by atoms with Crippen molar-refractivity contribution in [3.63, 3.8) is 0 Å². The van der Waals surface area contributed by atoms with Crippen LogP contribution in [0, 0.1) is 0 Å². The van der Waals surface area contributed by atoms with Crippen LogP contribution in [-0.2, 0) is 9.22 Å². The van der Waals surface area contributed by atoms with Gasteiger partial charge in [0.2, 0.25) is 0 Å². The van der Waals surface area contributed by atoms with Crippen molar-refractivity contribution in [2.75, 3.05) is 34.4 Å². The maximum atomic E-state index is 5.35. The Hall–Kier alpha value is 0.639. The molecule has 0 aromatic carbocycles. The number of nitrogens with one attached hydrogen (secondary N) is 1. The Labute approximate surface area is 86.4 Å². The van der Waals surface area contributed by atoms with Crippen LogP contribution in [0.25, 0.3) is 0 Å². The Kier molecular flexibility index (Phi) is 8.38. The standard InChI is InChI=1S/C5H12N.3CH3O.Sn/c1-3-5-6-4-2;3*1-2;/h6H,1,3-5H2,2H3;3*1H3;/q;3*-1;+3. The van der Waals surface area contributed by atoms with Crippen LogP contribution in [0.4, 0.5) is 0 Å². The third-order valence-corrected chi connectivity index (χ3v) is 10.1. The van der Waals surface area contributed by atoms with Crippen LogP contribution in [0.15, 0.2) is 0 Å². The molecule has 80 valence electrons. The van der Waals surface area contributed by atoms with Gasteiger partial charge in [-0.05, 0) is 0 Å². The first-order valence-electron chi connectivity index (χ1n) is 4.60. The fraction of sp³-hybridized carbons (Fsp3) is 1.00. The second kappa shape index (κ2) is 7.99. The van der Waals surface area contributed by atoms with Gasteiger partial charge in [0.25, 0.3) is 0 Å². The quantitative estimate of drug-likeness (QED) is 0.533. The van der Waals surface area contributed by atoms with E-state index in [1.807, 2.05) is 0 Å². The monoisotopic (exact) mass is 299 g/mol. The summed E-state index contributed by atoms with van der Waals surface area (Å²) in [6.07, 6.45) is 1.06. The van der Waals surface area contributed by atoms with Gasteiger partial charge in [-0.15, -0.1) is 0 Å². The first-order valence-corrected chi connectivity index (χ1v) is 10.1. The Balaban J connectivity index is 3.68. The Morgan fingerprint density at radius 2 is 1.62 bits per heavy atom. The van der Waals surface area contributed by atoms with Crippen molar-refractivity contribution in [1.82, 2.24) is 5.32 Å². The molecule has 0 saturated heterocycles. The molecule has 0 aromatic heterocycles. The Morgan fingerprint density at radius 3 is 2.00 bits per heavy atom. The number of hydrogen-bond acceptors (Lipinski definition) is 4. The van der Waals surface area contributed by atoms with Gasteiger partial charge < -0.3 is 0 Å². The van der Waals surface area contributed by atoms with Crippen molar-refractivity contribution in [3.05, 3.63) is 0 Å². The summed E-state index contributed by atoms with van der Waals surface area (Å²) in [6.45, 7) is 4.11. The molecular weight excluding hydrogens is 277 g/mol. The molecule has 0 radical (unpaired) electrons. The zero-order valence-electron chi connectivity index (χ0n) is 9.05. The molecule has 0 spiro atoms. The second-order valence-electron chi connectivity index (χ2n) is 2.75. The molecule has 0 bridgehead atoms. The molecule has 4 nitrogen and oxygen atoms in total. The molecule has 13 heavy (non-hydrogen) atoms. The van der Waals surface area contributed by atoms with Crippen molar-refractivity contribution in [2.24, 2.45) is 0 Å². The van der Waals surface area contributed by atoms with Gasteiger partial charge in [0.05, 0.1) is 0 Å². The van der Waals surface area contributed by atoms with Crippen molar-refractivity contribution in [3.8, 4) is 0 Å². The fourth-order valence-corrected chi connectivity index (χ4v) is 6.08. The van der Waals surface area contributed by atoms with Crippen LogP contribution >= 0.6 is 0 Å². The van der Waals surface area contributed by atoms with Crippen LogP contribution in [0.1, 0.15) is 13.3 Å². The molecule has 0 aromatic rings. The van der Waals surface area contributed by atoms with E-state index in [1.54, 1.807) is 21.3 Å². The van der Waals surface area contributed by atoms with Crippen molar-refractivity contribution in [1.29, 1.82) is 0 Å². The predicted molar refractivity (Wildman–Crippen MR) is 54.7 cm³/mol. The molecule has 1 N–H and O–H groups in total. The van der Waals surface area contributed by atoms with Gasteiger partial charge in [0, 0.05) is 0 Å². The summed E-state index contributed by atoms with van der Waals surface area (Å²) < 4.78 is 17.0. The van der Waals surface area contributed by atoms with Gasteiger partial charge in [-0.1, -0.05) is 0 Å². The van der Waals surface area contributed by atoms with Gasteiger partial charge in [0.15, 0.2) is 0 Å². The van der Waals surface area contributed by atoms with E-state index in [4.69, 9.17) is 9.22 Å². The average molecular weight is 298 g/mol. The van der Waals surface area contributed by atoms with Crippen LogP contribution in [0.3, 0.4) is 0 Å². The third kappa shape index (κ3) is 5.17. The molecule has 0 unspecified atom stereocenters. The minimum absolute atomic E-state index is 0.936. The van der Waals surface area contributed by atoms with Crippen molar-refractivity contribution >= 4 is 19.6 Å². The summed E-state index contributed by atoms with van der Waals surface area (Å²) in [4.78, 5) is 0. The zero-order chi connectivity index (χ0) is 10.2. The fourth-order valence-electron chi connectivity index (χ4n) is 1.16. The third-order valence-electron chi connectivity index (χ3n) is 2.02. The first kappa shape index (κ1) is 13.6. The second-order valence-corrected chi connectivity index (χ2v) is 11.6. The topological polar surface area (TPSA) is 39.7 Å². The van der Waals surface area contributed by atoms with Crippen LogP contribution in [-0.4, -0.2) is 54.0 Å². The Morgan fingerprint density at radius 1 is 1.08 bits per heavy atom. The zero-order valence-corrected chi connectivity index (χ0v) is 11.9. The van der Waals surface area contributed by atoms with E-state index in [0.29, 0.717) is 0 Å². The van der Waals surface area contributed by atoms with E-state index in [-0.39, 0.29) is 0 Å². The molecular formula is C8H21NO3Sn. The Bertz CT molecular complexity index is 112. The number of hydrogen-bond donors (Lipinski definition) is 1. The van der Waals surface area contributed by atoms with E-state index in [2.05, 4.69) is 12.2 Å². The van der Waals surface area contributed by atoms with E-state index in [9.17, 15) is 0 Å². The average Bonchev–Trinajstić information content (AvgIpc) is 2.20. The van der Waals surface area contributed by atoms with Crippen molar-refractivity contribution < 1.29 is 9.22 Å². The molecule has 0 fully saturated rings. The summed E-state index contributed by atoms with van der Waals surface area (Å²) in [7, 11) is 5.03. The molecule has 0 aliphatic rings. The molecule has 5 heteroatoms. The first-order chi connectivity index (χ1) is 6.24. The van der Waals surface area contributed by atoms with Gasteiger partial charge >= 0.3 is 86.4 Å². The van der Waals surface area contributed by atoms with Crippen molar-refractivity contribution in [2.45, 2.75) is 17.8 Å². The van der Waals surface area contributed by atoms with Gasteiger partial charge in [-0.2, -0.15) is 0 Å². The molecule has 0 atom stereocenters. The van der Waals surface area contributed by atoms with E-state index in [0.717, 1.165) is 23.9 Å². The number of rotatable bonds is 8. The van der Waals surface area contributed by atoms with Crippen LogP contribution < -0.4 is 5.32 Å². The molecule has 0 amide bonds. The van der Waals surface area contributed by atoms with Crippen LogP contribution in [0.2, 0.25) is 4.44 Å². The van der Waals surface area contributed by atoms with Gasteiger partial charge in [-0.3, -0.25) is 0 Å². The summed E-state index contributed by atoms with van der Waals surface area (Å²) in [5.41, 5.74) is 0. The molecule has 0 aliphatic carbocycles. The SMILES string of the molecule is CCNCC[CH2][Sn]([O]C)([O]C)[O]C. The summed E-state index contributed by atoms with van der Waals surface area (Å²) in [5, 5.41) is 3.26. The normalized spacial score (nSPS) is 12.0. The molecule has 0 aliphatic heterocycles. The van der Waals surface area contributed by atoms with Crippen LogP contribution in [0.5, 0.6) is 0 Å². The predicted octanol–water partition coefficient (Wildman–Crippen LogP) is 0.864. The molecule has 0 heterocycles. The molecule has 0 saturated carbocycles. The van der Waals surface area contributed by atoms with E-state index in [1.165, 1.54) is 0 Å². The summed E-state index contributed by atoms with van der Waals surface area (Å²) in [6, 6.07) is 0. The van der Waals surface area contributed by atoms with E-state index < -0.39 is 19.6 Å². The van der Waals surface area contributed by atoms with E-state index >= 15 is 0 Å².